The molecule has 0 aliphatic heterocycles. The number of hydrogen-bond acceptors (Lipinski definition) is 3. The Bertz CT molecular complexity index is 323. The van der Waals surface area contributed by atoms with Crippen molar-refractivity contribution in [1.29, 1.82) is 0 Å². The molecule has 0 unspecified atom stereocenters. The molecule has 0 saturated carbocycles. The Morgan fingerprint density at radius 1 is 1.29 bits per heavy atom. The van der Waals surface area contributed by atoms with Crippen LogP contribution in [-0.4, -0.2) is 29.0 Å². The predicted octanol–water partition coefficient (Wildman–Crippen LogP) is 1.55. The van der Waals surface area contributed by atoms with Crippen LogP contribution in [0.2, 0.25) is 0 Å². The molecule has 0 amide bonds. The van der Waals surface area contributed by atoms with E-state index >= 15 is 0 Å². The average molecular weight is 197 g/mol. The van der Waals surface area contributed by atoms with Crippen LogP contribution < -0.4 is 0 Å². The molecule has 4 heteroatoms. The molecular formula is C10H16FN3. The first-order valence-corrected chi connectivity index (χ1v) is 4.71. The summed E-state index contributed by atoms with van der Waals surface area (Å²) in [4.78, 5) is 10.2. The van der Waals surface area contributed by atoms with Gasteiger partial charge >= 0.3 is 0 Å². The van der Waals surface area contributed by atoms with Gasteiger partial charge in [0.05, 0.1) is 17.9 Å². The van der Waals surface area contributed by atoms with Crippen LogP contribution in [0, 0.1) is 12.7 Å². The summed E-state index contributed by atoms with van der Waals surface area (Å²) in [6.07, 6.45) is 0.607. The Kier molecular flexibility index (Phi) is 3.52. The zero-order valence-electron chi connectivity index (χ0n) is 9.13. The van der Waals surface area contributed by atoms with Crippen molar-refractivity contribution in [2.24, 2.45) is 0 Å². The van der Waals surface area contributed by atoms with Gasteiger partial charge in [-0.25, -0.2) is 14.4 Å². The van der Waals surface area contributed by atoms with Gasteiger partial charge in [0.1, 0.15) is 5.82 Å². The first-order chi connectivity index (χ1) is 6.54. The molecule has 0 aliphatic rings. The lowest BCUT2D eigenvalue weighted by atomic mass is 10.2. The summed E-state index contributed by atoms with van der Waals surface area (Å²) in [6, 6.07) is 0. The standard InChI is InChI=1S/C10H16FN3/c1-5-8-10(11)7(2)12-9(13-8)6-14(3)4/h5-6H2,1-4H3. The summed E-state index contributed by atoms with van der Waals surface area (Å²) in [5, 5.41) is 0. The summed E-state index contributed by atoms with van der Waals surface area (Å²) in [6.45, 7) is 4.22. The van der Waals surface area contributed by atoms with Gasteiger partial charge in [-0.05, 0) is 27.4 Å². The van der Waals surface area contributed by atoms with E-state index in [9.17, 15) is 4.39 Å². The molecule has 3 nitrogen and oxygen atoms in total. The first-order valence-electron chi connectivity index (χ1n) is 4.71. The van der Waals surface area contributed by atoms with E-state index in [1.807, 2.05) is 25.9 Å². The Balaban J connectivity index is 3.03. The number of aromatic nitrogens is 2. The Morgan fingerprint density at radius 2 is 1.93 bits per heavy atom. The van der Waals surface area contributed by atoms with Gasteiger partial charge in [-0.15, -0.1) is 0 Å². The Hall–Kier alpha value is -1.03. The minimum Gasteiger partial charge on any atom is -0.302 e. The molecule has 0 aliphatic carbocycles. The van der Waals surface area contributed by atoms with Crippen LogP contribution in [0.3, 0.4) is 0 Å². The SMILES string of the molecule is CCc1nc(CN(C)C)nc(C)c1F. The highest BCUT2D eigenvalue weighted by atomic mass is 19.1. The molecule has 0 aromatic carbocycles. The van der Waals surface area contributed by atoms with Crippen molar-refractivity contribution in [2.75, 3.05) is 14.1 Å². The zero-order chi connectivity index (χ0) is 10.7. The number of halogens is 1. The molecule has 0 fully saturated rings. The van der Waals surface area contributed by atoms with E-state index < -0.39 is 0 Å². The highest BCUT2D eigenvalue weighted by Crippen LogP contribution is 2.09. The lowest BCUT2D eigenvalue weighted by Crippen LogP contribution is -2.15. The summed E-state index contributed by atoms with van der Waals surface area (Å²) in [7, 11) is 3.88. The second kappa shape index (κ2) is 4.46. The van der Waals surface area contributed by atoms with Gasteiger partial charge in [-0.1, -0.05) is 6.92 Å². The van der Waals surface area contributed by atoms with Gasteiger partial charge in [0.2, 0.25) is 0 Å². The largest absolute Gasteiger partial charge is 0.302 e. The number of aryl methyl sites for hydroxylation is 2. The Morgan fingerprint density at radius 3 is 2.43 bits per heavy atom. The molecule has 0 atom stereocenters. The lowest BCUT2D eigenvalue weighted by molar-refractivity contribution is 0.387. The van der Waals surface area contributed by atoms with Gasteiger partial charge in [-0.2, -0.15) is 0 Å². The van der Waals surface area contributed by atoms with Crippen molar-refractivity contribution in [3.05, 3.63) is 23.0 Å². The molecule has 0 radical (unpaired) electrons. The normalized spacial score (nSPS) is 11.0. The van der Waals surface area contributed by atoms with E-state index in [4.69, 9.17) is 0 Å². The van der Waals surface area contributed by atoms with Gasteiger partial charge < -0.3 is 4.90 Å². The maximum absolute atomic E-state index is 13.4. The van der Waals surface area contributed by atoms with Crippen molar-refractivity contribution in [1.82, 2.24) is 14.9 Å². The molecule has 0 N–H and O–H groups in total. The third-order valence-corrected chi connectivity index (χ3v) is 1.92. The van der Waals surface area contributed by atoms with Crippen molar-refractivity contribution >= 4 is 0 Å². The number of rotatable bonds is 3. The third kappa shape index (κ3) is 2.48. The fraction of sp³-hybridized carbons (Fsp3) is 0.600. The van der Waals surface area contributed by atoms with Crippen LogP contribution >= 0.6 is 0 Å². The lowest BCUT2D eigenvalue weighted by Gasteiger charge is -2.10. The van der Waals surface area contributed by atoms with E-state index in [0.29, 0.717) is 30.2 Å². The summed E-state index contributed by atoms with van der Waals surface area (Å²) in [5.41, 5.74) is 0.947. The fourth-order valence-corrected chi connectivity index (χ4v) is 1.27. The van der Waals surface area contributed by atoms with Crippen molar-refractivity contribution < 1.29 is 4.39 Å². The number of hydrogen-bond donors (Lipinski definition) is 0. The van der Waals surface area contributed by atoms with Gasteiger partial charge in [0.25, 0.3) is 0 Å². The highest BCUT2D eigenvalue weighted by molar-refractivity contribution is 5.13. The fourth-order valence-electron chi connectivity index (χ4n) is 1.27. The molecule has 1 heterocycles. The summed E-state index contributed by atoms with van der Waals surface area (Å²) < 4.78 is 13.4. The average Bonchev–Trinajstić information content (AvgIpc) is 2.10. The summed E-state index contributed by atoms with van der Waals surface area (Å²) in [5.74, 6) is 0.417. The second-order valence-corrected chi connectivity index (χ2v) is 3.58. The van der Waals surface area contributed by atoms with Crippen LogP contribution in [-0.2, 0) is 13.0 Å². The molecule has 1 aromatic heterocycles. The first kappa shape index (κ1) is 11.0. The summed E-state index contributed by atoms with van der Waals surface area (Å²) >= 11 is 0. The van der Waals surface area contributed by atoms with Crippen molar-refractivity contribution in [2.45, 2.75) is 26.8 Å². The van der Waals surface area contributed by atoms with Crippen LogP contribution in [0.15, 0.2) is 0 Å². The molecule has 0 spiro atoms. The van der Waals surface area contributed by atoms with E-state index in [-0.39, 0.29) is 5.82 Å². The van der Waals surface area contributed by atoms with Crippen LogP contribution in [0.25, 0.3) is 0 Å². The van der Waals surface area contributed by atoms with Crippen LogP contribution in [0.5, 0.6) is 0 Å². The van der Waals surface area contributed by atoms with Gasteiger partial charge in [0.15, 0.2) is 5.82 Å². The van der Waals surface area contributed by atoms with Crippen molar-refractivity contribution in [3.63, 3.8) is 0 Å². The third-order valence-electron chi connectivity index (χ3n) is 1.92. The molecule has 1 rings (SSSR count). The van der Waals surface area contributed by atoms with E-state index in [0.717, 1.165) is 0 Å². The van der Waals surface area contributed by atoms with E-state index in [1.165, 1.54) is 0 Å². The second-order valence-electron chi connectivity index (χ2n) is 3.58. The molecular weight excluding hydrogens is 181 g/mol. The topological polar surface area (TPSA) is 29.0 Å². The zero-order valence-corrected chi connectivity index (χ0v) is 9.13. The van der Waals surface area contributed by atoms with E-state index in [2.05, 4.69) is 9.97 Å². The minimum absolute atomic E-state index is 0.269. The van der Waals surface area contributed by atoms with E-state index in [1.54, 1.807) is 6.92 Å². The quantitative estimate of drug-likeness (QED) is 0.736. The smallest absolute Gasteiger partial charge is 0.165 e. The Labute approximate surface area is 84.0 Å². The molecule has 78 valence electrons. The molecule has 1 aromatic rings. The van der Waals surface area contributed by atoms with Gasteiger partial charge in [0, 0.05) is 0 Å². The molecule has 0 bridgehead atoms. The highest BCUT2D eigenvalue weighted by Gasteiger charge is 2.09. The molecule has 14 heavy (non-hydrogen) atoms. The van der Waals surface area contributed by atoms with Gasteiger partial charge in [-0.3, -0.25) is 0 Å². The minimum atomic E-state index is -0.269. The monoisotopic (exact) mass is 197 g/mol. The van der Waals surface area contributed by atoms with Crippen molar-refractivity contribution in [3.8, 4) is 0 Å². The van der Waals surface area contributed by atoms with Crippen LogP contribution in [0.1, 0.15) is 24.1 Å². The number of nitrogens with zero attached hydrogens (tertiary/aromatic N) is 3. The van der Waals surface area contributed by atoms with Crippen LogP contribution in [0.4, 0.5) is 4.39 Å². The molecule has 0 saturated heterocycles. The maximum atomic E-state index is 13.4. The predicted molar refractivity (Wildman–Crippen MR) is 53.5 cm³/mol. The maximum Gasteiger partial charge on any atom is 0.165 e.